The van der Waals surface area contributed by atoms with Crippen molar-refractivity contribution in [1.82, 2.24) is 4.57 Å². The molecule has 0 bridgehead atoms. The van der Waals surface area contributed by atoms with Gasteiger partial charge in [-0.25, -0.2) is 9.13 Å². The number of para-hydroxylation sites is 2. The second-order valence-corrected chi connectivity index (χ2v) is 7.23. The van der Waals surface area contributed by atoms with Crippen molar-refractivity contribution in [1.29, 1.82) is 0 Å². The molecular weight excluding hydrogens is 443 g/mol. The summed E-state index contributed by atoms with van der Waals surface area (Å²) in [6, 6.07) is 28.6. The third-order valence-corrected chi connectivity index (χ3v) is 4.94. The number of benzene rings is 3. The molecule has 0 atom stereocenters. The molecule has 0 aliphatic rings. The van der Waals surface area contributed by atoms with Crippen LogP contribution >= 0.6 is 0 Å². The Kier molecular flexibility index (Phi) is 8.15. The summed E-state index contributed by atoms with van der Waals surface area (Å²) < 4.78 is 49.1. The van der Waals surface area contributed by atoms with Crippen molar-refractivity contribution in [2.45, 2.75) is 6.54 Å². The number of hydrogen-bond donors (Lipinski definition) is 0. The van der Waals surface area contributed by atoms with Gasteiger partial charge in [0.2, 0.25) is 0 Å². The van der Waals surface area contributed by atoms with Gasteiger partial charge in [0.25, 0.3) is 5.82 Å². The first-order valence-corrected chi connectivity index (χ1v) is 10.5. The van der Waals surface area contributed by atoms with E-state index in [1.165, 1.54) is 0 Å². The Morgan fingerprint density at radius 1 is 0.912 bits per heavy atom. The highest BCUT2D eigenvalue weighted by Gasteiger charge is 2.21. The Morgan fingerprint density at radius 3 is 2.09 bits per heavy atom. The molecule has 4 aromatic rings. The van der Waals surface area contributed by atoms with Crippen LogP contribution in [0.2, 0.25) is 0 Å². The average molecular weight is 466 g/mol. The molecule has 0 aliphatic heterocycles. The number of fused-ring (bicyclic) bond motifs is 1. The van der Waals surface area contributed by atoms with E-state index in [1.807, 2.05) is 48.5 Å². The summed E-state index contributed by atoms with van der Waals surface area (Å²) in [5.74, 6) is 8.44. The predicted octanol–water partition coefficient (Wildman–Crippen LogP) is 5.96. The molecule has 3 aromatic carbocycles. The summed E-state index contributed by atoms with van der Waals surface area (Å²) >= 11 is 0. The third kappa shape index (κ3) is 6.76. The zero-order chi connectivity index (χ0) is 24.6. The Hall–Kier alpha value is -3.99. The SMILES string of the molecule is COC(=Cc1n(CC#Cc2ccccc2)c2ccccc2[n+]1C)c1ccccc1.F[B-](F)(F)F. The molecule has 0 aliphatic carbocycles. The zero-order valence-electron chi connectivity index (χ0n) is 18.8. The van der Waals surface area contributed by atoms with Crippen LogP contribution in [0.15, 0.2) is 84.9 Å². The number of nitrogens with zero attached hydrogens (tertiary/aromatic N) is 2. The number of halogens is 4. The number of aryl methyl sites for hydroxylation is 1. The van der Waals surface area contributed by atoms with E-state index in [0.717, 1.165) is 33.7 Å². The molecular formula is C26H23BF4N2O. The number of imidazole rings is 1. The summed E-state index contributed by atoms with van der Waals surface area (Å²) in [5, 5.41) is 0. The van der Waals surface area contributed by atoms with Crippen LogP contribution in [0.25, 0.3) is 22.9 Å². The van der Waals surface area contributed by atoms with Crippen molar-refractivity contribution >= 4 is 30.1 Å². The Balaban J connectivity index is 0.000000588. The standard InChI is InChI=1S/C26H23N2O.BF4/c1-27-23-17-9-10-18-24(23)28(19-11-14-21-12-5-3-6-13-21)26(27)20-25(29-2)22-15-7-4-8-16-22;2-1(3,4)5/h3-10,12-13,15-18,20H,19H2,1-2H3;/q+1;-1. The Morgan fingerprint density at radius 2 is 1.47 bits per heavy atom. The van der Waals surface area contributed by atoms with Crippen LogP contribution in [0.1, 0.15) is 17.0 Å². The van der Waals surface area contributed by atoms with Gasteiger partial charge in [0, 0.05) is 11.1 Å². The van der Waals surface area contributed by atoms with Crippen LogP contribution in [0.5, 0.6) is 0 Å². The molecule has 0 unspecified atom stereocenters. The van der Waals surface area contributed by atoms with E-state index in [1.54, 1.807) is 7.11 Å². The zero-order valence-corrected chi connectivity index (χ0v) is 18.8. The average Bonchev–Trinajstić information content (AvgIpc) is 3.09. The molecule has 4 rings (SSSR count). The maximum absolute atomic E-state index is 9.75. The van der Waals surface area contributed by atoms with Gasteiger partial charge in [0.15, 0.2) is 17.6 Å². The van der Waals surface area contributed by atoms with E-state index < -0.39 is 7.25 Å². The van der Waals surface area contributed by atoms with Gasteiger partial charge in [-0.2, -0.15) is 0 Å². The number of ether oxygens (including phenoxy) is 1. The van der Waals surface area contributed by atoms with E-state index >= 15 is 0 Å². The quantitative estimate of drug-likeness (QED) is 0.119. The minimum atomic E-state index is -6.00. The second-order valence-electron chi connectivity index (χ2n) is 7.23. The van der Waals surface area contributed by atoms with Crippen LogP contribution in [0.4, 0.5) is 17.3 Å². The molecule has 0 fully saturated rings. The van der Waals surface area contributed by atoms with Crippen molar-refractivity contribution in [2.75, 3.05) is 7.11 Å². The highest BCUT2D eigenvalue weighted by Crippen LogP contribution is 2.21. The molecule has 0 saturated heterocycles. The topological polar surface area (TPSA) is 18.0 Å². The lowest BCUT2D eigenvalue weighted by Crippen LogP contribution is -2.31. The molecule has 174 valence electrons. The fraction of sp³-hybridized carbons (Fsp3) is 0.115. The summed E-state index contributed by atoms with van der Waals surface area (Å²) in [6.07, 6.45) is 2.08. The predicted molar refractivity (Wildman–Crippen MR) is 128 cm³/mol. The summed E-state index contributed by atoms with van der Waals surface area (Å²) in [4.78, 5) is 0. The first kappa shape index (κ1) is 24.7. The molecule has 34 heavy (non-hydrogen) atoms. The van der Waals surface area contributed by atoms with Crippen LogP contribution in [0, 0.1) is 11.8 Å². The summed E-state index contributed by atoms with van der Waals surface area (Å²) in [7, 11) is -2.21. The Labute approximate surface area is 196 Å². The maximum atomic E-state index is 9.75. The maximum Gasteiger partial charge on any atom is 0.673 e. The lowest BCUT2D eigenvalue weighted by molar-refractivity contribution is -0.647. The fourth-order valence-electron chi connectivity index (χ4n) is 3.47. The number of hydrogen-bond acceptors (Lipinski definition) is 1. The third-order valence-electron chi connectivity index (χ3n) is 4.94. The van der Waals surface area contributed by atoms with E-state index in [9.17, 15) is 17.3 Å². The van der Waals surface area contributed by atoms with E-state index in [-0.39, 0.29) is 0 Å². The minimum Gasteiger partial charge on any atom is -0.496 e. The van der Waals surface area contributed by atoms with Crippen LogP contribution in [-0.2, 0) is 18.3 Å². The highest BCUT2D eigenvalue weighted by molar-refractivity contribution is 6.50. The normalized spacial score (nSPS) is 11.3. The largest absolute Gasteiger partial charge is 0.673 e. The van der Waals surface area contributed by atoms with Gasteiger partial charge in [-0.1, -0.05) is 72.5 Å². The van der Waals surface area contributed by atoms with Gasteiger partial charge in [-0.15, -0.1) is 0 Å². The van der Waals surface area contributed by atoms with Crippen molar-refractivity contribution in [2.24, 2.45) is 7.05 Å². The lowest BCUT2D eigenvalue weighted by atomic mass is 10.2. The smallest absolute Gasteiger partial charge is 0.496 e. The second kappa shape index (κ2) is 11.2. The Bertz CT molecular complexity index is 1320. The van der Waals surface area contributed by atoms with Crippen LogP contribution < -0.4 is 4.57 Å². The summed E-state index contributed by atoms with van der Waals surface area (Å²) in [5.41, 5.74) is 4.37. The monoisotopic (exact) mass is 466 g/mol. The molecule has 0 amide bonds. The molecule has 8 heteroatoms. The van der Waals surface area contributed by atoms with Gasteiger partial charge >= 0.3 is 7.25 Å². The molecule has 0 spiro atoms. The van der Waals surface area contributed by atoms with Gasteiger partial charge in [-0.05, 0) is 24.3 Å². The van der Waals surface area contributed by atoms with Gasteiger partial charge < -0.3 is 22.0 Å². The number of methoxy groups -OCH3 is 1. The molecule has 0 radical (unpaired) electrons. The van der Waals surface area contributed by atoms with E-state index in [0.29, 0.717) is 6.54 Å². The molecule has 1 aromatic heterocycles. The van der Waals surface area contributed by atoms with E-state index in [2.05, 4.69) is 70.5 Å². The van der Waals surface area contributed by atoms with Crippen molar-refractivity contribution in [3.8, 4) is 11.8 Å². The summed E-state index contributed by atoms with van der Waals surface area (Å²) in [6.45, 7) is 0.591. The van der Waals surface area contributed by atoms with Crippen LogP contribution in [-0.4, -0.2) is 18.9 Å². The highest BCUT2D eigenvalue weighted by atomic mass is 19.5. The molecule has 0 saturated carbocycles. The van der Waals surface area contributed by atoms with Gasteiger partial charge in [0.1, 0.15) is 5.76 Å². The van der Waals surface area contributed by atoms with Gasteiger partial charge in [-0.3, -0.25) is 0 Å². The van der Waals surface area contributed by atoms with Crippen LogP contribution in [0.3, 0.4) is 0 Å². The van der Waals surface area contributed by atoms with Gasteiger partial charge in [0.05, 0.1) is 20.2 Å². The lowest BCUT2D eigenvalue weighted by Gasteiger charge is -2.05. The first-order chi connectivity index (χ1) is 16.3. The first-order valence-electron chi connectivity index (χ1n) is 10.5. The van der Waals surface area contributed by atoms with E-state index in [4.69, 9.17) is 4.74 Å². The van der Waals surface area contributed by atoms with Crippen molar-refractivity contribution in [3.05, 3.63) is 102 Å². The molecule has 1 heterocycles. The number of rotatable bonds is 4. The van der Waals surface area contributed by atoms with Crippen molar-refractivity contribution < 1.29 is 26.6 Å². The minimum absolute atomic E-state index is 0.591. The number of aromatic nitrogens is 2. The molecule has 0 N–H and O–H groups in total. The van der Waals surface area contributed by atoms with Crippen molar-refractivity contribution in [3.63, 3.8) is 0 Å². The molecule has 3 nitrogen and oxygen atoms in total. The fourth-order valence-corrected chi connectivity index (χ4v) is 3.47.